The Morgan fingerprint density at radius 2 is 1.13 bits per heavy atom. The van der Waals surface area contributed by atoms with Crippen molar-refractivity contribution >= 4 is 43.6 Å². The third kappa shape index (κ3) is 3.48. The molecule has 0 fully saturated rings. The Balaban J connectivity index is 1.47. The van der Waals surface area contributed by atoms with Crippen LogP contribution in [0.1, 0.15) is 0 Å². The standard InChI is InChI=1S/C34H20N4O/c1-2-10-23(11-3-1)31-36-32(26-15-8-12-22-18-17-21-9-4-5-13-24(21)29(22)26)38-33(37-31)27-19-20-35-34-30(27)25-14-6-7-16-28(25)39-34/h1-20H. The lowest BCUT2D eigenvalue weighted by Crippen LogP contribution is -2.01. The maximum Gasteiger partial charge on any atom is 0.228 e. The van der Waals surface area contributed by atoms with Gasteiger partial charge >= 0.3 is 0 Å². The SMILES string of the molecule is c1ccc(-c2nc(-c3cccc4ccc5ccccc5c34)nc(-c3ccnc4oc5ccccc5c34)n2)cc1. The molecular weight excluding hydrogens is 480 g/mol. The van der Waals surface area contributed by atoms with Gasteiger partial charge in [-0.25, -0.2) is 19.9 Å². The maximum absolute atomic E-state index is 6.07. The van der Waals surface area contributed by atoms with Crippen LogP contribution < -0.4 is 0 Å². The average Bonchev–Trinajstić information content (AvgIpc) is 3.40. The molecule has 0 atom stereocenters. The summed E-state index contributed by atoms with van der Waals surface area (Å²) in [5, 5.41) is 6.49. The first-order chi connectivity index (χ1) is 19.3. The minimum atomic E-state index is 0.563. The van der Waals surface area contributed by atoms with Gasteiger partial charge in [0.1, 0.15) is 5.58 Å². The van der Waals surface area contributed by atoms with E-state index in [1.54, 1.807) is 6.20 Å². The fraction of sp³-hybridized carbons (Fsp3) is 0. The summed E-state index contributed by atoms with van der Waals surface area (Å²) < 4.78 is 6.07. The van der Waals surface area contributed by atoms with E-state index in [0.29, 0.717) is 23.2 Å². The first kappa shape index (κ1) is 21.6. The van der Waals surface area contributed by atoms with E-state index in [1.807, 2.05) is 60.7 Å². The van der Waals surface area contributed by atoms with Gasteiger partial charge in [0.2, 0.25) is 5.71 Å². The molecule has 0 N–H and O–H groups in total. The summed E-state index contributed by atoms with van der Waals surface area (Å²) in [5.74, 6) is 1.82. The van der Waals surface area contributed by atoms with Crippen LogP contribution in [0.15, 0.2) is 126 Å². The van der Waals surface area contributed by atoms with Crippen molar-refractivity contribution in [2.75, 3.05) is 0 Å². The van der Waals surface area contributed by atoms with E-state index in [2.05, 4.69) is 59.6 Å². The van der Waals surface area contributed by atoms with Crippen molar-refractivity contribution in [2.45, 2.75) is 0 Å². The first-order valence-electron chi connectivity index (χ1n) is 12.8. The van der Waals surface area contributed by atoms with Gasteiger partial charge in [-0.1, -0.05) is 103 Å². The molecule has 0 aliphatic heterocycles. The summed E-state index contributed by atoms with van der Waals surface area (Å²) >= 11 is 0. The van der Waals surface area contributed by atoms with Crippen LogP contribution in [-0.2, 0) is 0 Å². The van der Waals surface area contributed by atoms with E-state index in [9.17, 15) is 0 Å². The quantitative estimate of drug-likeness (QED) is 0.228. The van der Waals surface area contributed by atoms with Crippen molar-refractivity contribution in [1.82, 2.24) is 19.9 Å². The number of rotatable bonds is 3. The number of furan rings is 1. The largest absolute Gasteiger partial charge is 0.438 e. The van der Waals surface area contributed by atoms with Crippen molar-refractivity contribution in [3.63, 3.8) is 0 Å². The zero-order valence-corrected chi connectivity index (χ0v) is 20.7. The zero-order chi connectivity index (χ0) is 25.8. The molecule has 39 heavy (non-hydrogen) atoms. The summed E-state index contributed by atoms with van der Waals surface area (Å²) in [5.41, 5.74) is 4.09. The topological polar surface area (TPSA) is 64.7 Å². The molecule has 3 heterocycles. The molecule has 0 aliphatic rings. The van der Waals surface area contributed by atoms with Gasteiger partial charge in [-0.15, -0.1) is 0 Å². The lowest BCUT2D eigenvalue weighted by molar-refractivity contribution is 0.654. The van der Waals surface area contributed by atoms with Crippen LogP contribution in [0.3, 0.4) is 0 Å². The first-order valence-corrected chi connectivity index (χ1v) is 12.8. The summed E-state index contributed by atoms with van der Waals surface area (Å²) in [7, 11) is 0. The van der Waals surface area contributed by atoms with Crippen molar-refractivity contribution in [2.24, 2.45) is 0 Å². The van der Waals surface area contributed by atoms with E-state index in [-0.39, 0.29) is 0 Å². The summed E-state index contributed by atoms with van der Waals surface area (Å²) in [6, 6.07) is 39.0. The maximum atomic E-state index is 6.07. The fourth-order valence-electron chi connectivity index (χ4n) is 5.41. The van der Waals surface area contributed by atoms with Crippen LogP contribution in [-0.4, -0.2) is 19.9 Å². The highest BCUT2D eigenvalue weighted by Gasteiger charge is 2.19. The fourth-order valence-corrected chi connectivity index (χ4v) is 5.41. The van der Waals surface area contributed by atoms with Gasteiger partial charge in [-0.3, -0.25) is 0 Å². The molecule has 5 nitrogen and oxygen atoms in total. The van der Waals surface area contributed by atoms with E-state index in [1.165, 1.54) is 10.8 Å². The Kier molecular flexibility index (Phi) is 4.76. The van der Waals surface area contributed by atoms with Crippen LogP contribution in [0.2, 0.25) is 0 Å². The second-order valence-corrected chi connectivity index (χ2v) is 9.50. The van der Waals surface area contributed by atoms with E-state index in [0.717, 1.165) is 43.8 Å². The van der Waals surface area contributed by atoms with Crippen molar-refractivity contribution in [3.8, 4) is 34.2 Å². The molecule has 0 bridgehead atoms. The average molecular weight is 501 g/mol. The minimum Gasteiger partial charge on any atom is -0.438 e. The molecule has 5 aromatic carbocycles. The number of pyridine rings is 1. The summed E-state index contributed by atoms with van der Waals surface area (Å²) in [4.78, 5) is 19.6. The van der Waals surface area contributed by atoms with Gasteiger partial charge in [0, 0.05) is 33.7 Å². The molecular formula is C34H20N4O. The van der Waals surface area contributed by atoms with Crippen LogP contribution >= 0.6 is 0 Å². The molecule has 8 rings (SSSR count). The normalized spacial score (nSPS) is 11.6. The van der Waals surface area contributed by atoms with Crippen LogP contribution in [0, 0.1) is 0 Å². The minimum absolute atomic E-state index is 0.563. The van der Waals surface area contributed by atoms with E-state index in [4.69, 9.17) is 19.4 Å². The molecule has 0 radical (unpaired) electrons. The van der Waals surface area contributed by atoms with Crippen molar-refractivity contribution in [3.05, 3.63) is 121 Å². The smallest absolute Gasteiger partial charge is 0.228 e. The highest BCUT2D eigenvalue weighted by Crippen LogP contribution is 2.37. The molecule has 0 saturated heterocycles. The number of nitrogens with zero attached hydrogens (tertiary/aromatic N) is 4. The summed E-state index contributed by atoms with van der Waals surface area (Å²) in [6.07, 6.45) is 1.75. The van der Waals surface area contributed by atoms with Gasteiger partial charge in [-0.2, -0.15) is 0 Å². The molecule has 0 unspecified atom stereocenters. The molecule has 3 aromatic heterocycles. The zero-order valence-electron chi connectivity index (χ0n) is 20.7. The Hall–Kier alpha value is -5.42. The van der Waals surface area contributed by atoms with Crippen molar-refractivity contribution < 1.29 is 4.42 Å². The molecule has 0 spiro atoms. The number of fused-ring (bicyclic) bond motifs is 6. The van der Waals surface area contributed by atoms with Crippen LogP contribution in [0.5, 0.6) is 0 Å². The lowest BCUT2D eigenvalue weighted by Gasteiger charge is -2.12. The predicted molar refractivity (Wildman–Crippen MR) is 156 cm³/mol. The van der Waals surface area contributed by atoms with E-state index >= 15 is 0 Å². The number of para-hydroxylation sites is 1. The van der Waals surface area contributed by atoms with Gasteiger partial charge in [0.05, 0.1) is 5.39 Å². The molecule has 8 aromatic rings. The van der Waals surface area contributed by atoms with Gasteiger partial charge in [0.15, 0.2) is 17.5 Å². The number of aromatic nitrogens is 4. The number of benzene rings is 5. The molecule has 0 aliphatic carbocycles. The number of hydrogen-bond donors (Lipinski definition) is 0. The van der Waals surface area contributed by atoms with E-state index < -0.39 is 0 Å². The van der Waals surface area contributed by atoms with Crippen molar-refractivity contribution in [1.29, 1.82) is 0 Å². The van der Waals surface area contributed by atoms with Crippen LogP contribution in [0.4, 0.5) is 0 Å². The molecule has 0 saturated carbocycles. The van der Waals surface area contributed by atoms with Gasteiger partial charge in [-0.05, 0) is 28.3 Å². The third-order valence-corrected chi connectivity index (χ3v) is 7.20. The number of hydrogen-bond acceptors (Lipinski definition) is 5. The predicted octanol–water partition coefficient (Wildman–Crippen LogP) is 8.47. The third-order valence-electron chi connectivity index (χ3n) is 7.20. The monoisotopic (exact) mass is 500 g/mol. The Bertz CT molecular complexity index is 2180. The second kappa shape index (κ2) is 8.57. The molecule has 0 amide bonds. The van der Waals surface area contributed by atoms with Crippen LogP contribution in [0.25, 0.3) is 77.8 Å². The van der Waals surface area contributed by atoms with Gasteiger partial charge < -0.3 is 4.42 Å². The Morgan fingerprint density at radius 1 is 0.462 bits per heavy atom. The summed E-state index contributed by atoms with van der Waals surface area (Å²) in [6.45, 7) is 0. The molecule has 5 heteroatoms. The Labute approximate surface area is 223 Å². The molecule has 182 valence electrons. The lowest BCUT2D eigenvalue weighted by atomic mass is 9.97. The highest BCUT2D eigenvalue weighted by atomic mass is 16.3. The second-order valence-electron chi connectivity index (χ2n) is 9.50. The highest BCUT2D eigenvalue weighted by molar-refractivity contribution is 6.14. The van der Waals surface area contributed by atoms with Gasteiger partial charge in [0.25, 0.3) is 0 Å². The Morgan fingerprint density at radius 3 is 2.00 bits per heavy atom.